The minimum Gasteiger partial charge on any atom is -0.243 e. The van der Waals surface area contributed by atoms with Crippen LogP contribution in [-0.4, -0.2) is 6.17 Å². The van der Waals surface area contributed by atoms with Crippen molar-refractivity contribution in [2.45, 2.75) is 71.4 Å². The number of hydrogen-bond donors (Lipinski definition) is 0. The molecule has 6 unspecified atom stereocenters. The second-order valence-corrected chi connectivity index (χ2v) is 14.5. The summed E-state index contributed by atoms with van der Waals surface area (Å²) < 4.78 is 14.3. The van der Waals surface area contributed by atoms with Crippen LogP contribution in [0.2, 0.25) is 0 Å². The monoisotopic (exact) mass is 566 g/mol. The Hall–Kier alpha value is -3.45. The highest BCUT2D eigenvalue weighted by Crippen LogP contribution is 2.65. The second-order valence-electron chi connectivity index (χ2n) is 14.5. The van der Waals surface area contributed by atoms with E-state index in [0.717, 1.165) is 19.3 Å². The SMILES string of the molecule is CCC(C)(C)C1C=CC(c2ccc3c(c2)C(C2=CCC(F)C=C2)C2CCC=CC2=C3C2=CC3CC34C=CC=CC4=C2)=CC1. The topological polar surface area (TPSA) is 0 Å². The lowest BCUT2D eigenvalue weighted by molar-refractivity contribution is 0.249. The van der Waals surface area contributed by atoms with Crippen LogP contribution in [-0.2, 0) is 0 Å². The van der Waals surface area contributed by atoms with E-state index in [1.165, 1.54) is 63.0 Å². The summed E-state index contributed by atoms with van der Waals surface area (Å²) in [4.78, 5) is 0. The highest BCUT2D eigenvalue weighted by atomic mass is 19.1. The fourth-order valence-electron chi connectivity index (χ4n) is 8.68. The molecule has 43 heavy (non-hydrogen) atoms. The first-order chi connectivity index (χ1) is 20.9. The van der Waals surface area contributed by atoms with E-state index < -0.39 is 6.17 Å². The quantitative estimate of drug-likeness (QED) is 0.332. The summed E-state index contributed by atoms with van der Waals surface area (Å²) >= 11 is 0. The maximum atomic E-state index is 14.3. The highest BCUT2D eigenvalue weighted by Gasteiger charge is 2.55. The molecule has 6 atom stereocenters. The van der Waals surface area contributed by atoms with E-state index in [1.807, 2.05) is 0 Å². The van der Waals surface area contributed by atoms with Crippen molar-refractivity contribution in [3.8, 4) is 0 Å². The predicted molar refractivity (Wildman–Crippen MR) is 179 cm³/mol. The predicted octanol–water partition coefficient (Wildman–Crippen LogP) is 11.1. The van der Waals surface area contributed by atoms with Gasteiger partial charge in [-0.15, -0.1) is 0 Å². The molecule has 8 rings (SSSR count). The molecule has 1 spiro atoms. The molecule has 1 aromatic rings. The van der Waals surface area contributed by atoms with Gasteiger partial charge in [-0.3, -0.25) is 0 Å². The van der Waals surface area contributed by atoms with E-state index in [-0.39, 0.29) is 11.3 Å². The lowest BCUT2D eigenvalue weighted by Crippen LogP contribution is -2.26. The van der Waals surface area contributed by atoms with Gasteiger partial charge < -0.3 is 0 Å². The van der Waals surface area contributed by atoms with Crippen LogP contribution in [0.5, 0.6) is 0 Å². The highest BCUT2D eigenvalue weighted by molar-refractivity contribution is 5.92. The first-order valence-electron chi connectivity index (χ1n) is 16.6. The molecular formula is C42H43F. The number of hydrogen-bond acceptors (Lipinski definition) is 0. The first kappa shape index (κ1) is 27.1. The van der Waals surface area contributed by atoms with Crippen LogP contribution in [0.4, 0.5) is 4.39 Å². The third-order valence-corrected chi connectivity index (χ3v) is 11.8. The molecule has 0 aromatic heterocycles. The smallest absolute Gasteiger partial charge is 0.122 e. The summed E-state index contributed by atoms with van der Waals surface area (Å²) in [5.74, 6) is 1.81. The van der Waals surface area contributed by atoms with Crippen LogP contribution in [0.15, 0.2) is 126 Å². The van der Waals surface area contributed by atoms with Gasteiger partial charge >= 0.3 is 0 Å². The zero-order valence-electron chi connectivity index (χ0n) is 25.8. The van der Waals surface area contributed by atoms with Gasteiger partial charge in [-0.25, -0.2) is 4.39 Å². The van der Waals surface area contributed by atoms with E-state index in [4.69, 9.17) is 0 Å². The Balaban J connectivity index is 1.26. The molecule has 0 radical (unpaired) electrons. The van der Waals surface area contributed by atoms with Gasteiger partial charge in [0.1, 0.15) is 6.17 Å². The van der Waals surface area contributed by atoms with Crippen LogP contribution >= 0.6 is 0 Å². The third-order valence-electron chi connectivity index (χ3n) is 11.8. The van der Waals surface area contributed by atoms with Crippen molar-refractivity contribution in [1.29, 1.82) is 0 Å². The molecule has 218 valence electrons. The summed E-state index contributed by atoms with van der Waals surface area (Å²) in [6.07, 6.45) is 37.7. The summed E-state index contributed by atoms with van der Waals surface area (Å²) in [6, 6.07) is 7.26. The van der Waals surface area contributed by atoms with Gasteiger partial charge in [-0.1, -0.05) is 124 Å². The van der Waals surface area contributed by atoms with Crippen molar-refractivity contribution in [3.05, 3.63) is 142 Å². The van der Waals surface area contributed by atoms with Crippen molar-refractivity contribution in [3.63, 3.8) is 0 Å². The van der Waals surface area contributed by atoms with Crippen LogP contribution in [0, 0.1) is 28.6 Å². The molecule has 0 saturated heterocycles. The molecule has 0 nitrogen and oxygen atoms in total. The lowest BCUT2D eigenvalue weighted by Gasteiger charge is -2.40. The van der Waals surface area contributed by atoms with E-state index >= 15 is 0 Å². The lowest BCUT2D eigenvalue weighted by atomic mass is 9.63. The van der Waals surface area contributed by atoms with Crippen molar-refractivity contribution in [1.82, 2.24) is 0 Å². The van der Waals surface area contributed by atoms with E-state index in [0.29, 0.717) is 29.6 Å². The minimum absolute atomic E-state index is 0.236. The number of allylic oxidation sites excluding steroid dienone is 20. The molecule has 0 bridgehead atoms. The summed E-state index contributed by atoms with van der Waals surface area (Å²) in [5.41, 5.74) is 13.0. The number of halogens is 1. The molecule has 0 N–H and O–H groups in total. The Morgan fingerprint density at radius 3 is 2.67 bits per heavy atom. The van der Waals surface area contributed by atoms with Gasteiger partial charge in [0, 0.05) is 17.8 Å². The van der Waals surface area contributed by atoms with Crippen molar-refractivity contribution < 1.29 is 4.39 Å². The molecule has 7 aliphatic carbocycles. The first-order valence-corrected chi connectivity index (χ1v) is 16.6. The second kappa shape index (κ2) is 10.0. The zero-order valence-corrected chi connectivity index (χ0v) is 25.8. The summed E-state index contributed by atoms with van der Waals surface area (Å²) in [6.45, 7) is 7.09. The minimum atomic E-state index is -0.872. The number of benzene rings is 1. The van der Waals surface area contributed by atoms with Gasteiger partial charge in [0.25, 0.3) is 0 Å². The van der Waals surface area contributed by atoms with Gasteiger partial charge in [0.05, 0.1) is 0 Å². The number of alkyl halides is 1. The van der Waals surface area contributed by atoms with Crippen LogP contribution in [0.25, 0.3) is 11.1 Å². The number of fused-ring (bicyclic) bond motifs is 2. The van der Waals surface area contributed by atoms with Gasteiger partial charge in [-0.2, -0.15) is 0 Å². The Morgan fingerprint density at radius 2 is 1.88 bits per heavy atom. The molecule has 0 aliphatic heterocycles. The van der Waals surface area contributed by atoms with Crippen LogP contribution < -0.4 is 0 Å². The van der Waals surface area contributed by atoms with Gasteiger partial charge in [0.15, 0.2) is 0 Å². The van der Waals surface area contributed by atoms with Crippen LogP contribution in [0.1, 0.15) is 81.9 Å². The number of rotatable bonds is 5. The maximum Gasteiger partial charge on any atom is 0.122 e. The molecule has 0 heterocycles. The Kier molecular flexibility index (Phi) is 6.34. The van der Waals surface area contributed by atoms with Crippen molar-refractivity contribution in [2.75, 3.05) is 0 Å². The van der Waals surface area contributed by atoms with Gasteiger partial charge in [0.2, 0.25) is 0 Å². The Labute approximate surface area is 257 Å². The van der Waals surface area contributed by atoms with Gasteiger partial charge in [-0.05, 0) is 105 Å². The molecule has 0 amide bonds. The summed E-state index contributed by atoms with van der Waals surface area (Å²) in [5, 5.41) is 0. The standard InChI is InChI=1S/C42H43F/c1-4-41(2,3)31-17-12-27(13-18-31)29-16-21-37-38(25-29)39(28-14-19-34(43)20-15-28)35-10-5-6-11-36(35)40(37)30-23-32-9-7-8-22-42(32)26-33(42)24-30/h6-9,11-17,19,21-25,31,33-35,39H,4-5,10,18,20,26H2,1-3H3. The van der Waals surface area contributed by atoms with E-state index in [1.54, 1.807) is 6.08 Å². The maximum absolute atomic E-state index is 14.3. The molecule has 1 heteroatoms. The summed E-state index contributed by atoms with van der Waals surface area (Å²) in [7, 11) is 0. The van der Waals surface area contributed by atoms with E-state index in [2.05, 4.69) is 118 Å². The normalized spacial score (nSPS) is 33.5. The molecule has 1 saturated carbocycles. The molecule has 1 aromatic carbocycles. The Morgan fingerprint density at radius 1 is 0.977 bits per heavy atom. The zero-order chi connectivity index (χ0) is 29.3. The van der Waals surface area contributed by atoms with Crippen molar-refractivity contribution >= 4 is 11.1 Å². The molecule has 7 aliphatic rings. The third kappa shape index (κ3) is 4.37. The van der Waals surface area contributed by atoms with Crippen molar-refractivity contribution in [2.24, 2.45) is 28.6 Å². The molecular weight excluding hydrogens is 523 g/mol. The fourth-order valence-corrected chi connectivity index (χ4v) is 8.68. The Bertz CT molecular complexity index is 1690. The fraction of sp³-hybridized carbons (Fsp3) is 0.381. The average Bonchev–Trinajstić information content (AvgIpc) is 3.76. The van der Waals surface area contributed by atoms with E-state index in [9.17, 15) is 4.39 Å². The van der Waals surface area contributed by atoms with Crippen LogP contribution in [0.3, 0.4) is 0 Å². The molecule has 1 fully saturated rings. The largest absolute Gasteiger partial charge is 0.243 e. The average molecular weight is 567 g/mol.